The van der Waals surface area contributed by atoms with E-state index in [0.29, 0.717) is 12.5 Å². The van der Waals surface area contributed by atoms with Crippen LogP contribution >= 0.6 is 0 Å². The van der Waals surface area contributed by atoms with Crippen molar-refractivity contribution in [3.05, 3.63) is 12.4 Å². The maximum atomic E-state index is 5.56. The number of nitrogens with zero attached hydrogens (tertiary/aromatic N) is 2. The third-order valence-corrected chi connectivity index (χ3v) is 2.76. The molecule has 0 atom stereocenters. The summed E-state index contributed by atoms with van der Waals surface area (Å²) >= 11 is 0. The molecule has 0 unspecified atom stereocenters. The van der Waals surface area contributed by atoms with Gasteiger partial charge in [-0.05, 0) is 32.1 Å². The Morgan fingerprint density at radius 1 is 1.39 bits per heavy atom. The van der Waals surface area contributed by atoms with Gasteiger partial charge < -0.3 is 14.8 Å². The molecule has 0 spiro atoms. The molecule has 18 heavy (non-hydrogen) atoms. The van der Waals surface area contributed by atoms with Crippen LogP contribution in [0, 0.1) is 5.92 Å². The summed E-state index contributed by atoms with van der Waals surface area (Å²) in [5, 5.41) is 3.24. The summed E-state index contributed by atoms with van der Waals surface area (Å²) < 4.78 is 10.9. The van der Waals surface area contributed by atoms with E-state index in [1.165, 1.54) is 19.2 Å². The molecule has 1 aliphatic carbocycles. The van der Waals surface area contributed by atoms with E-state index in [1.54, 1.807) is 0 Å². The summed E-state index contributed by atoms with van der Waals surface area (Å²) in [6.45, 7) is 5.15. The van der Waals surface area contributed by atoms with Crippen LogP contribution in [0.4, 0.5) is 5.82 Å². The molecule has 0 amide bonds. The average molecular weight is 251 g/mol. The van der Waals surface area contributed by atoms with Crippen LogP contribution in [0.5, 0.6) is 5.88 Å². The zero-order valence-corrected chi connectivity index (χ0v) is 10.9. The first-order valence-corrected chi connectivity index (χ1v) is 6.65. The van der Waals surface area contributed by atoms with Crippen molar-refractivity contribution in [2.45, 2.75) is 26.2 Å². The molecule has 1 fully saturated rings. The van der Waals surface area contributed by atoms with Crippen molar-refractivity contribution >= 4 is 5.82 Å². The summed E-state index contributed by atoms with van der Waals surface area (Å²) in [4.78, 5) is 8.15. The molecule has 0 aliphatic heterocycles. The number of hydrogen-bond acceptors (Lipinski definition) is 5. The fraction of sp³-hybridized carbons (Fsp3) is 0.692. The summed E-state index contributed by atoms with van der Waals surface area (Å²) in [7, 11) is 0. The average Bonchev–Trinajstić information content (AvgIpc) is 3.19. The van der Waals surface area contributed by atoms with Gasteiger partial charge >= 0.3 is 0 Å². The Morgan fingerprint density at radius 3 is 3.06 bits per heavy atom. The second-order valence-electron chi connectivity index (χ2n) is 4.47. The lowest BCUT2D eigenvalue weighted by molar-refractivity contribution is 0.124. The van der Waals surface area contributed by atoms with Crippen LogP contribution in [-0.4, -0.2) is 36.3 Å². The molecule has 0 bridgehead atoms. The van der Waals surface area contributed by atoms with Crippen molar-refractivity contribution in [2.24, 2.45) is 5.92 Å². The third kappa shape index (κ3) is 4.87. The van der Waals surface area contributed by atoms with Crippen molar-refractivity contribution in [1.82, 2.24) is 9.97 Å². The predicted molar refractivity (Wildman–Crippen MR) is 69.9 cm³/mol. The van der Waals surface area contributed by atoms with Gasteiger partial charge in [-0.3, -0.25) is 0 Å². The molecule has 5 heteroatoms. The van der Waals surface area contributed by atoms with Crippen LogP contribution < -0.4 is 10.1 Å². The van der Waals surface area contributed by atoms with Crippen LogP contribution in [-0.2, 0) is 4.74 Å². The van der Waals surface area contributed by atoms with E-state index in [2.05, 4.69) is 15.3 Å². The first-order valence-electron chi connectivity index (χ1n) is 6.65. The van der Waals surface area contributed by atoms with Crippen LogP contribution in [0.1, 0.15) is 26.2 Å². The van der Waals surface area contributed by atoms with Gasteiger partial charge in [0.15, 0.2) is 0 Å². The molecule has 1 heterocycles. The summed E-state index contributed by atoms with van der Waals surface area (Å²) in [6.07, 6.45) is 5.19. The van der Waals surface area contributed by atoms with Crippen molar-refractivity contribution in [3.8, 4) is 5.88 Å². The first kappa shape index (κ1) is 13.1. The molecule has 1 saturated carbocycles. The highest BCUT2D eigenvalue weighted by atomic mass is 16.5. The van der Waals surface area contributed by atoms with Crippen LogP contribution in [0.25, 0.3) is 0 Å². The number of anilines is 1. The number of rotatable bonds is 9. The predicted octanol–water partition coefficient (Wildman–Crippen LogP) is 2.10. The van der Waals surface area contributed by atoms with Crippen LogP contribution in [0.15, 0.2) is 12.4 Å². The van der Waals surface area contributed by atoms with Gasteiger partial charge in [0.2, 0.25) is 5.88 Å². The second-order valence-corrected chi connectivity index (χ2v) is 4.47. The Balaban J connectivity index is 1.58. The molecular weight excluding hydrogens is 230 g/mol. The molecule has 1 aliphatic rings. The zero-order valence-electron chi connectivity index (χ0n) is 10.9. The minimum atomic E-state index is 0.611. The van der Waals surface area contributed by atoms with Crippen LogP contribution in [0.3, 0.4) is 0 Å². The van der Waals surface area contributed by atoms with Crippen molar-refractivity contribution in [3.63, 3.8) is 0 Å². The molecule has 2 rings (SSSR count). The van der Waals surface area contributed by atoms with Crippen molar-refractivity contribution in [1.29, 1.82) is 0 Å². The second kappa shape index (κ2) is 7.16. The lowest BCUT2D eigenvalue weighted by Gasteiger charge is -2.07. The number of aromatic nitrogens is 2. The van der Waals surface area contributed by atoms with Gasteiger partial charge in [0.05, 0.1) is 6.61 Å². The van der Waals surface area contributed by atoms with Gasteiger partial charge in [-0.2, -0.15) is 0 Å². The Kier molecular flexibility index (Phi) is 5.20. The third-order valence-electron chi connectivity index (χ3n) is 2.76. The van der Waals surface area contributed by atoms with E-state index in [0.717, 1.165) is 37.9 Å². The fourth-order valence-corrected chi connectivity index (χ4v) is 1.59. The van der Waals surface area contributed by atoms with E-state index in [9.17, 15) is 0 Å². The van der Waals surface area contributed by atoms with E-state index in [1.807, 2.05) is 13.0 Å². The van der Waals surface area contributed by atoms with E-state index in [4.69, 9.17) is 9.47 Å². The lowest BCUT2D eigenvalue weighted by Crippen LogP contribution is -2.08. The molecule has 100 valence electrons. The maximum Gasteiger partial charge on any atom is 0.218 e. The highest BCUT2D eigenvalue weighted by Gasteiger charge is 2.20. The minimum absolute atomic E-state index is 0.611. The Hall–Kier alpha value is -1.36. The largest absolute Gasteiger partial charge is 0.478 e. The van der Waals surface area contributed by atoms with Crippen LogP contribution in [0.2, 0.25) is 0 Å². The normalized spacial score (nSPS) is 14.5. The standard InChI is InChI=1S/C13H21N3O2/c1-2-18-13-8-12(15-10-16-13)14-6-3-7-17-9-11-4-5-11/h8,10-11H,2-7,9H2,1H3,(H,14,15,16). The number of hydrogen-bond donors (Lipinski definition) is 1. The fourth-order valence-electron chi connectivity index (χ4n) is 1.59. The summed E-state index contributed by atoms with van der Waals surface area (Å²) in [5.74, 6) is 2.25. The van der Waals surface area contributed by atoms with Gasteiger partial charge in [0.25, 0.3) is 0 Å². The van der Waals surface area contributed by atoms with E-state index >= 15 is 0 Å². The number of ether oxygens (including phenoxy) is 2. The lowest BCUT2D eigenvalue weighted by atomic mass is 10.4. The first-order chi connectivity index (χ1) is 8.88. The van der Waals surface area contributed by atoms with Crippen molar-refractivity contribution in [2.75, 3.05) is 31.7 Å². The molecule has 5 nitrogen and oxygen atoms in total. The molecule has 1 aromatic rings. The highest BCUT2D eigenvalue weighted by molar-refractivity contribution is 5.36. The van der Waals surface area contributed by atoms with E-state index < -0.39 is 0 Å². The zero-order chi connectivity index (χ0) is 12.6. The van der Waals surface area contributed by atoms with Gasteiger partial charge in [-0.25, -0.2) is 9.97 Å². The Bertz CT molecular complexity index is 356. The Labute approximate surface area is 108 Å². The molecule has 1 N–H and O–H groups in total. The molecule has 0 saturated heterocycles. The monoisotopic (exact) mass is 251 g/mol. The number of nitrogens with one attached hydrogen (secondary N) is 1. The van der Waals surface area contributed by atoms with Gasteiger partial charge in [0.1, 0.15) is 12.1 Å². The highest BCUT2D eigenvalue weighted by Crippen LogP contribution is 2.28. The quantitative estimate of drug-likeness (QED) is 0.681. The molecular formula is C13H21N3O2. The summed E-state index contributed by atoms with van der Waals surface area (Å²) in [5.41, 5.74) is 0. The smallest absolute Gasteiger partial charge is 0.218 e. The van der Waals surface area contributed by atoms with Gasteiger partial charge in [-0.15, -0.1) is 0 Å². The van der Waals surface area contributed by atoms with Gasteiger partial charge in [0, 0.05) is 25.8 Å². The minimum Gasteiger partial charge on any atom is -0.478 e. The summed E-state index contributed by atoms with van der Waals surface area (Å²) in [6, 6.07) is 1.81. The van der Waals surface area contributed by atoms with Gasteiger partial charge in [-0.1, -0.05) is 0 Å². The maximum absolute atomic E-state index is 5.56. The molecule has 0 aromatic carbocycles. The SMILES string of the molecule is CCOc1cc(NCCCOCC2CC2)ncn1. The Morgan fingerprint density at radius 2 is 2.28 bits per heavy atom. The molecule has 0 radical (unpaired) electrons. The topological polar surface area (TPSA) is 56.3 Å². The van der Waals surface area contributed by atoms with Crippen molar-refractivity contribution < 1.29 is 9.47 Å². The molecule has 1 aromatic heterocycles. The van der Waals surface area contributed by atoms with E-state index in [-0.39, 0.29) is 0 Å².